The van der Waals surface area contributed by atoms with Crippen LogP contribution < -0.4 is 0 Å². The van der Waals surface area contributed by atoms with Gasteiger partial charge < -0.3 is 18.9 Å². The number of halogens is 1. The van der Waals surface area contributed by atoms with Gasteiger partial charge in [0.2, 0.25) is 12.6 Å². The molecule has 4 rings (SSSR count). The van der Waals surface area contributed by atoms with Gasteiger partial charge in [-0.3, -0.25) is 4.98 Å². The molecule has 0 atom stereocenters. The average molecular weight is 318 g/mol. The minimum Gasteiger partial charge on any atom is -0.345 e. The standard InChI is InChI=1S/C16H15FN2O4/c17-11-1-2-12(19-14(11)16-22-7-8-23-16)10-3-4-18-13(9-10)15-20-5-6-21-15/h1-4,9,15-16H,5-8H2. The van der Waals surface area contributed by atoms with Crippen LogP contribution in [0.15, 0.2) is 30.5 Å². The maximum Gasteiger partial charge on any atom is 0.204 e. The lowest BCUT2D eigenvalue weighted by Gasteiger charge is -2.12. The fraction of sp³-hybridized carbons (Fsp3) is 0.375. The average Bonchev–Trinajstić information content (AvgIpc) is 3.29. The van der Waals surface area contributed by atoms with Crippen molar-refractivity contribution in [2.75, 3.05) is 26.4 Å². The summed E-state index contributed by atoms with van der Waals surface area (Å²) >= 11 is 0. The van der Waals surface area contributed by atoms with Crippen molar-refractivity contribution in [2.24, 2.45) is 0 Å². The van der Waals surface area contributed by atoms with Gasteiger partial charge in [-0.1, -0.05) is 0 Å². The summed E-state index contributed by atoms with van der Waals surface area (Å²) in [5, 5.41) is 0. The molecule has 7 heteroatoms. The second-order valence-corrected chi connectivity index (χ2v) is 5.18. The van der Waals surface area contributed by atoms with E-state index in [2.05, 4.69) is 9.97 Å². The topological polar surface area (TPSA) is 62.7 Å². The number of nitrogens with zero attached hydrogens (tertiary/aromatic N) is 2. The summed E-state index contributed by atoms with van der Waals surface area (Å²) < 4.78 is 35.6. The van der Waals surface area contributed by atoms with Gasteiger partial charge in [-0.05, 0) is 24.3 Å². The van der Waals surface area contributed by atoms with Crippen molar-refractivity contribution in [3.63, 3.8) is 0 Å². The summed E-state index contributed by atoms with van der Waals surface area (Å²) in [6, 6.07) is 6.61. The van der Waals surface area contributed by atoms with Gasteiger partial charge in [0, 0.05) is 11.8 Å². The largest absolute Gasteiger partial charge is 0.345 e. The van der Waals surface area contributed by atoms with Crippen LogP contribution in [0.1, 0.15) is 24.0 Å². The van der Waals surface area contributed by atoms with E-state index in [0.29, 0.717) is 37.8 Å². The first kappa shape index (κ1) is 14.6. The molecule has 2 aromatic heterocycles. The minimum absolute atomic E-state index is 0.159. The van der Waals surface area contributed by atoms with Crippen LogP contribution in [0.4, 0.5) is 4.39 Å². The molecule has 0 radical (unpaired) electrons. The third-order valence-electron chi connectivity index (χ3n) is 3.66. The Kier molecular flexibility index (Phi) is 4.00. The summed E-state index contributed by atoms with van der Waals surface area (Å²) in [6.45, 7) is 1.97. The quantitative estimate of drug-likeness (QED) is 0.866. The predicted octanol–water partition coefficient (Wildman–Crippen LogP) is 2.37. The summed E-state index contributed by atoms with van der Waals surface area (Å²) in [7, 11) is 0. The molecular formula is C16H15FN2O4. The molecule has 120 valence electrons. The van der Waals surface area contributed by atoms with Crippen LogP contribution in [0.5, 0.6) is 0 Å². The summed E-state index contributed by atoms with van der Waals surface area (Å²) in [4.78, 5) is 8.62. The monoisotopic (exact) mass is 318 g/mol. The van der Waals surface area contributed by atoms with Crippen LogP contribution in [0.2, 0.25) is 0 Å². The van der Waals surface area contributed by atoms with E-state index in [1.54, 1.807) is 18.3 Å². The Balaban J connectivity index is 1.67. The highest BCUT2D eigenvalue weighted by Gasteiger charge is 2.24. The normalized spacial score (nSPS) is 19.5. The molecule has 2 aromatic rings. The van der Waals surface area contributed by atoms with Gasteiger partial charge in [-0.15, -0.1) is 0 Å². The summed E-state index contributed by atoms with van der Waals surface area (Å²) in [5.41, 5.74) is 2.24. The molecule has 0 N–H and O–H groups in total. The molecule has 2 aliphatic heterocycles. The second-order valence-electron chi connectivity index (χ2n) is 5.18. The van der Waals surface area contributed by atoms with E-state index in [1.807, 2.05) is 6.07 Å². The Morgan fingerprint density at radius 3 is 2.35 bits per heavy atom. The summed E-state index contributed by atoms with van der Waals surface area (Å²) in [6.07, 6.45) is 0.442. The lowest BCUT2D eigenvalue weighted by Crippen LogP contribution is -2.06. The number of hydrogen-bond acceptors (Lipinski definition) is 6. The molecule has 2 fully saturated rings. The van der Waals surface area contributed by atoms with E-state index in [1.165, 1.54) is 6.07 Å². The van der Waals surface area contributed by atoms with Crippen molar-refractivity contribution < 1.29 is 23.3 Å². The highest BCUT2D eigenvalue weighted by Crippen LogP contribution is 2.29. The first-order valence-electron chi connectivity index (χ1n) is 7.40. The highest BCUT2D eigenvalue weighted by molar-refractivity contribution is 5.59. The van der Waals surface area contributed by atoms with Crippen molar-refractivity contribution in [2.45, 2.75) is 12.6 Å². The van der Waals surface area contributed by atoms with E-state index < -0.39 is 18.4 Å². The van der Waals surface area contributed by atoms with Gasteiger partial charge in [0.1, 0.15) is 11.5 Å². The molecule has 0 unspecified atom stereocenters. The highest BCUT2D eigenvalue weighted by atomic mass is 19.1. The molecule has 0 bridgehead atoms. The van der Waals surface area contributed by atoms with Gasteiger partial charge in [0.05, 0.1) is 37.8 Å². The molecular weight excluding hydrogens is 303 g/mol. The Morgan fingerprint density at radius 1 is 0.913 bits per heavy atom. The van der Waals surface area contributed by atoms with Crippen molar-refractivity contribution in [1.82, 2.24) is 9.97 Å². The number of hydrogen-bond donors (Lipinski definition) is 0. The van der Waals surface area contributed by atoms with E-state index in [0.717, 1.165) is 5.56 Å². The van der Waals surface area contributed by atoms with Gasteiger partial charge in [0.15, 0.2) is 0 Å². The zero-order chi connectivity index (χ0) is 15.6. The molecule has 0 saturated carbocycles. The Labute approximate surface area is 132 Å². The molecule has 2 saturated heterocycles. The molecule has 6 nitrogen and oxygen atoms in total. The van der Waals surface area contributed by atoms with Gasteiger partial charge in [-0.2, -0.15) is 0 Å². The van der Waals surface area contributed by atoms with Gasteiger partial charge in [0.25, 0.3) is 0 Å². The molecule has 0 spiro atoms. The van der Waals surface area contributed by atoms with Crippen molar-refractivity contribution in [3.8, 4) is 11.3 Å². The van der Waals surface area contributed by atoms with E-state index >= 15 is 0 Å². The van der Waals surface area contributed by atoms with Crippen LogP contribution in [0.3, 0.4) is 0 Å². The lowest BCUT2D eigenvalue weighted by atomic mass is 10.1. The molecule has 23 heavy (non-hydrogen) atoms. The molecule has 4 heterocycles. The van der Waals surface area contributed by atoms with Gasteiger partial charge in [-0.25, -0.2) is 9.37 Å². The van der Waals surface area contributed by atoms with E-state index in [4.69, 9.17) is 18.9 Å². The van der Waals surface area contributed by atoms with E-state index in [9.17, 15) is 4.39 Å². The number of rotatable bonds is 3. The van der Waals surface area contributed by atoms with Crippen LogP contribution >= 0.6 is 0 Å². The van der Waals surface area contributed by atoms with Crippen molar-refractivity contribution in [1.29, 1.82) is 0 Å². The number of ether oxygens (including phenoxy) is 4. The smallest absolute Gasteiger partial charge is 0.204 e. The number of aromatic nitrogens is 2. The maximum absolute atomic E-state index is 14.0. The lowest BCUT2D eigenvalue weighted by molar-refractivity contribution is -0.0497. The SMILES string of the molecule is Fc1ccc(-c2ccnc(C3OCCO3)c2)nc1C1OCCO1. The van der Waals surface area contributed by atoms with Crippen molar-refractivity contribution in [3.05, 3.63) is 47.7 Å². The fourth-order valence-corrected chi connectivity index (χ4v) is 2.57. The molecule has 0 aromatic carbocycles. The molecule has 2 aliphatic rings. The maximum atomic E-state index is 14.0. The zero-order valence-electron chi connectivity index (χ0n) is 12.3. The van der Waals surface area contributed by atoms with Gasteiger partial charge >= 0.3 is 0 Å². The Morgan fingerprint density at radius 2 is 1.61 bits per heavy atom. The van der Waals surface area contributed by atoms with E-state index in [-0.39, 0.29) is 5.69 Å². The third kappa shape index (κ3) is 2.96. The fourth-order valence-electron chi connectivity index (χ4n) is 2.57. The van der Waals surface area contributed by atoms with Crippen LogP contribution in [-0.2, 0) is 18.9 Å². The second kappa shape index (κ2) is 6.29. The predicted molar refractivity (Wildman–Crippen MR) is 76.7 cm³/mol. The molecule has 0 aliphatic carbocycles. The van der Waals surface area contributed by atoms with Crippen LogP contribution in [0.25, 0.3) is 11.3 Å². The number of pyridine rings is 2. The molecule has 0 amide bonds. The first-order chi connectivity index (χ1) is 11.3. The minimum atomic E-state index is -0.752. The first-order valence-corrected chi connectivity index (χ1v) is 7.40. The Hall–Kier alpha value is -1.93. The third-order valence-corrected chi connectivity index (χ3v) is 3.66. The van der Waals surface area contributed by atoms with Crippen LogP contribution in [0, 0.1) is 5.82 Å². The zero-order valence-corrected chi connectivity index (χ0v) is 12.3. The van der Waals surface area contributed by atoms with Crippen molar-refractivity contribution >= 4 is 0 Å². The van der Waals surface area contributed by atoms with Crippen LogP contribution in [-0.4, -0.2) is 36.4 Å². The Bertz CT molecular complexity index is 700. The summed E-state index contributed by atoms with van der Waals surface area (Å²) in [5.74, 6) is -0.447.